The van der Waals surface area contributed by atoms with Gasteiger partial charge in [0.25, 0.3) is 0 Å². The molecule has 0 unspecified atom stereocenters. The lowest BCUT2D eigenvalue weighted by molar-refractivity contribution is 0.150. The Balaban J connectivity index is 0. The van der Waals surface area contributed by atoms with Crippen LogP contribution < -0.4 is 5.32 Å². The van der Waals surface area contributed by atoms with E-state index in [1.165, 1.54) is 0 Å². The highest BCUT2D eigenvalue weighted by molar-refractivity contribution is 6.31. The zero-order chi connectivity index (χ0) is 13.0. The lowest BCUT2D eigenvalue weighted by Gasteiger charge is -2.17. The molecule has 0 saturated carbocycles. The number of hydrogen-bond donors (Lipinski definition) is 1. The van der Waals surface area contributed by atoms with Gasteiger partial charge in [-0.1, -0.05) is 44.7 Å². The van der Waals surface area contributed by atoms with Crippen LogP contribution in [0.5, 0.6) is 0 Å². The summed E-state index contributed by atoms with van der Waals surface area (Å²) in [6, 6.07) is 0. The van der Waals surface area contributed by atoms with E-state index in [2.05, 4.69) is 18.5 Å². The smallest absolute Gasteiger partial charge is 0.0733 e. The maximum atomic E-state index is 5.75. The maximum absolute atomic E-state index is 5.75. The molecule has 2 nitrogen and oxygen atoms in total. The third-order valence-corrected chi connectivity index (χ3v) is 1.95. The molecule has 0 aliphatic carbocycles. The van der Waals surface area contributed by atoms with E-state index in [4.69, 9.17) is 16.3 Å². The molecule has 1 rings (SSSR count). The Bertz CT molecular complexity index is 234. The van der Waals surface area contributed by atoms with E-state index in [9.17, 15) is 0 Å². The Morgan fingerprint density at radius 1 is 1.44 bits per heavy atom. The first-order valence-electron chi connectivity index (χ1n) is 5.52. The summed E-state index contributed by atoms with van der Waals surface area (Å²) in [5.41, 5.74) is 2.16. The predicted molar refractivity (Wildman–Crippen MR) is 74.0 cm³/mol. The van der Waals surface area contributed by atoms with Crippen LogP contribution in [0.3, 0.4) is 0 Å². The zero-order valence-corrected chi connectivity index (χ0v) is 11.7. The highest BCUT2D eigenvalue weighted by Gasteiger charge is 2.11. The van der Waals surface area contributed by atoms with Gasteiger partial charge in [-0.05, 0) is 31.7 Å². The van der Waals surface area contributed by atoms with Crippen molar-refractivity contribution in [3.63, 3.8) is 0 Å². The average Bonchev–Trinajstić information content (AvgIpc) is 2.32. The standard InChI is InChI=1S/C9H11ClO.C2H7N.C2H6/c1-3-8-4-5-11-6-9(8)7(2)10;1-3-2;1-2/h3H,1-2,4-6H2;3H,1-2H3;1-2H3. The van der Waals surface area contributed by atoms with Crippen molar-refractivity contribution in [3.05, 3.63) is 35.4 Å². The van der Waals surface area contributed by atoms with Crippen LogP contribution in [0.15, 0.2) is 35.4 Å². The van der Waals surface area contributed by atoms with Crippen molar-refractivity contribution >= 4 is 11.6 Å². The molecule has 0 fully saturated rings. The van der Waals surface area contributed by atoms with E-state index in [0.29, 0.717) is 11.6 Å². The Morgan fingerprint density at radius 2 is 1.94 bits per heavy atom. The fourth-order valence-electron chi connectivity index (χ4n) is 1.08. The van der Waals surface area contributed by atoms with Crippen LogP contribution in [0.2, 0.25) is 0 Å². The molecule has 0 amide bonds. The molecule has 1 N–H and O–H groups in total. The molecule has 0 spiro atoms. The summed E-state index contributed by atoms with van der Waals surface area (Å²) < 4.78 is 5.22. The molecule has 16 heavy (non-hydrogen) atoms. The Morgan fingerprint density at radius 3 is 2.25 bits per heavy atom. The van der Waals surface area contributed by atoms with Crippen LogP contribution in [0, 0.1) is 0 Å². The van der Waals surface area contributed by atoms with Gasteiger partial charge in [0.15, 0.2) is 0 Å². The first-order chi connectivity index (χ1) is 7.67. The summed E-state index contributed by atoms with van der Waals surface area (Å²) in [7, 11) is 3.75. The lowest BCUT2D eigenvalue weighted by atomic mass is 10.0. The molecule has 0 bridgehead atoms. The number of rotatable bonds is 2. The number of hydrogen-bond acceptors (Lipinski definition) is 2. The normalized spacial score (nSPS) is 14.1. The average molecular weight is 246 g/mol. The van der Waals surface area contributed by atoms with E-state index in [-0.39, 0.29) is 0 Å². The Kier molecular flexibility index (Phi) is 13.9. The molecule has 1 aliphatic rings. The molecular formula is C13H24ClNO. The number of nitrogens with one attached hydrogen (secondary N) is 1. The quantitative estimate of drug-likeness (QED) is 0.804. The third kappa shape index (κ3) is 7.69. The largest absolute Gasteiger partial charge is 0.376 e. The van der Waals surface area contributed by atoms with Crippen molar-refractivity contribution in [3.8, 4) is 0 Å². The zero-order valence-electron chi connectivity index (χ0n) is 10.9. The molecule has 0 saturated heterocycles. The predicted octanol–water partition coefficient (Wildman–Crippen LogP) is 3.50. The SMILES string of the molecule is C=CC1=C(C(=C)Cl)COCC1.CC.CNC. The van der Waals surface area contributed by atoms with Crippen molar-refractivity contribution in [2.45, 2.75) is 20.3 Å². The second-order valence-electron chi connectivity index (χ2n) is 2.92. The van der Waals surface area contributed by atoms with Crippen LogP contribution in [-0.2, 0) is 4.74 Å². The molecule has 0 atom stereocenters. The molecular weight excluding hydrogens is 222 g/mol. The van der Waals surface area contributed by atoms with Gasteiger partial charge in [-0.15, -0.1) is 0 Å². The molecule has 3 heteroatoms. The number of allylic oxidation sites excluding steroid dienone is 1. The summed E-state index contributed by atoms with van der Waals surface area (Å²) in [5.74, 6) is 0. The van der Waals surface area contributed by atoms with Crippen LogP contribution in [0.25, 0.3) is 0 Å². The molecule has 0 aromatic rings. The van der Waals surface area contributed by atoms with Crippen LogP contribution in [0.4, 0.5) is 0 Å². The van der Waals surface area contributed by atoms with E-state index < -0.39 is 0 Å². The van der Waals surface area contributed by atoms with E-state index in [0.717, 1.165) is 24.2 Å². The van der Waals surface area contributed by atoms with Gasteiger partial charge in [-0.2, -0.15) is 0 Å². The van der Waals surface area contributed by atoms with E-state index in [1.807, 2.05) is 34.0 Å². The minimum absolute atomic E-state index is 0.569. The van der Waals surface area contributed by atoms with Crippen molar-refractivity contribution in [1.82, 2.24) is 5.32 Å². The van der Waals surface area contributed by atoms with Gasteiger partial charge in [0.1, 0.15) is 0 Å². The summed E-state index contributed by atoms with van der Waals surface area (Å²) in [6.07, 6.45) is 2.72. The van der Waals surface area contributed by atoms with Gasteiger partial charge in [0, 0.05) is 5.03 Å². The topological polar surface area (TPSA) is 21.3 Å². The van der Waals surface area contributed by atoms with Crippen LogP contribution in [0.1, 0.15) is 20.3 Å². The van der Waals surface area contributed by atoms with Gasteiger partial charge in [-0.25, -0.2) is 0 Å². The second kappa shape index (κ2) is 12.5. The van der Waals surface area contributed by atoms with E-state index >= 15 is 0 Å². The summed E-state index contributed by atoms with van der Waals surface area (Å²) >= 11 is 5.75. The molecule has 94 valence electrons. The monoisotopic (exact) mass is 245 g/mol. The van der Waals surface area contributed by atoms with Gasteiger partial charge in [0.05, 0.1) is 13.2 Å². The van der Waals surface area contributed by atoms with Gasteiger partial charge in [-0.3, -0.25) is 0 Å². The molecule has 0 aromatic heterocycles. The summed E-state index contributed by atoms with van der Waals surface area (Å²) in [5, 5.41) is 3.32. The van der Waals surface area contributed by atoms with Crippen molar-refractivity contribution in [2.24, 2.45) is 0 Å². The Labute approximate surface area is 105 Å². The first-order valence-corrected chi connectivity index (χ1v) is 5.90. The highest BCUT2D eigenvalue weighted by atomic mass is 35.5. The van der Waals surface area contributed by atoms with Crippen molar-refractivity contribution < 1.29 is 4.74 Å². The van der Waals surface area contributed by atoms with Gasteiger partial charge in [0.2, 0.25) is 0 Å². The fraction of sp³-hybridized carbons (Fsp3) is 0.538. The first kappa shape index (κ1) is 17.8. The summed E-state index contributed by atoms with van der Waals surface area (Å²) in [6.45, 7) is 12.7. The molecule has 1 heterocycles. The van der Waals surface area contributed by atoms with Crippen molar-refractivity contribution in [2.75, 3.05) is 27.3 Å². The van der Waals surface area contributed by atoms with Crippen LogP contribution >= 0.6 is 11.6 Å². The number of halogens is 1. The van der Waals surface area contributed by atoms with E-state index in [1.54, 1.807) is 0 Å². The highest BCUT2D eigenvalue weighted by Crippen LogP contribution is 2.23. The fourth-order valence-corrected chi connectivity index (χ4v) is 1.25. The van der Waals surface area contributed by atoms with Gasteiger partial charge >= 0.3 is 0 Å². The summed E-state index contributed by atoms with van der Waals surface area (Å²) in [4.78, 5) is 0. The molecule has 0 radical (unpaired) electrons. The minimum atomic E-state index is 0.569. The van der Waals surface area contributed by atoms with Gasteiger partial charge < -0.3 is 10.1 Å². The lowest BCUT2D eigenvalue weighted by Crippen LogP contribution is -2.10. The molecule has 0 aromatic carbocycles. The third-order valence-electron chi connectivity index (χ3n) is 1.72. The van der Waals surface area contributed by atoms with Crippen LogP contribution in [-0.4, -0.2) is 27.3 Å². The number of ether oxygens (including phenoxy) is 1. The second-order valence-corrected chi connectivity index (χ2v) is 3.37. The molecule has 1 aliphatic heterocycles. The minimum Gasteiger partial charge on any atom is -0.376 e. The maximum Gasteiger partial charge on any atom is 0.0733 e. The van der Waals surface area contributed by atoms with Crippen molar-refractivity contribution in [1.29, 1.82) is 0 Å². The Hall–Kier alpha value is -0.570.